The number of alkyl halides is 3. The fourth-order valence-electron chi connectivity index (χ4n) is 2.01. The lowest BCUT2D eigenvalue weighted by Gasteiger charge is -2.13. The van der Waals surface area contributed by atoms with Gasteiger partial charge in [0.1, 0.15) is 10.7 Å². The summed E-state index contributed by atoms with van der Waals surface area (Å²) in [5.41, 5.74) is -0.882. The van der Waals surface area contributed by atoms with Crippen molar-refractivity contribution in [3.63, 3.8) is 0 Å². The summed E-state index contributed by atoms with van der Waals surface area (Å²) in [5.74, 6) is -1.02. The lowest BCUT2D eigenvalue weighted by atomic mass is 10.1. The quantitative estimate of drug-likeness (QED) is 0.802. The van der Waals surface area contributed by atoms with Crippen LogP contribution in [-0.4, -0.2) is 15.5 Å². The molecule has 0 heterocycles. The van der Waals surface area contributed by atoms with E-state index in [0.717, 1.165) is 12.1 Å². The zero-order valence-corrected chi connectivity index (χ0v) is 13.3. The molecular formula is C15H14F4N2O2S. The summed E-state index contributed by atoms with van der Waals surface area (Å²) in [5, 5.41) is 2.73. The number of hydrogen-bond acceptors (Lipinski definition) is 3. The van der Waals surface area contributed by atoms with E-state index < -0.39 is 27.6 Å². The Morgan fingerprint density at radius 1 is 1.08 bits per heavy atom. The maximum absolute atomic E-state index is 13.8. The van der Waals surface area contributed by atoms with Crippen LogP contribution in [0.25, 0.3) is 0 Å². The van der Waals surface area contributed by atoms with E-state index in [2.05, 4.69) is 10.0 Å². The number of nitrogens with one attached hydrogen (secondary N) is 2. The third-order valence-corrected chi connectivity index (χ3v) is 4.77. The second kappa shape index (κ2) is 6.78. The van der Waals surface area contributed by atoms with Gasteiger partial charge in [0.05, 0.1) is 11.3 Å². The molecule has 0 atom stereocenters. The highest BCUT2D eigenvalue weighted by atomic mass is 32.2. The first-order valence-electron chi connectivity index (χ1n) is 6.77. The average molecular weight is 362 g/mol. The van der Waals surface area contributed by atoms with Crippen molar-refractivity contribution in [2.24, 2.45) is 0 Å². The Kier molecular flexibility index (Phi) is 5.14. The molecule has 2 aromatic carbocycles. The average Bonchev–Trinajstić information content (AvgIpc) is 2.53. The fraction of sp³-hybridized carbons (Fsp3) is 0.200. The number of anilines is 1. The smallest absolute Gasteiger partial charge is 0.380 e. The van der Waals surface area contributed by atoms with Gasteiger partial charge in [-0.3, -0.25) is 0 Å². The van der Waals surface area contributed by atoms with Gasteiger partial charge >= 0.3 is 6.18 Å². The van der Waals surface area contributed by atoms with Crippen LogP contribution in [0.2, 0.25) is 0 Å². The van der Waals surface area contributed by atoms with Crippen molar-refractivity contribution < 1.29 is 26.0 Å². The van der Waals surface area contributed by atoms with Gasteiger partial charge in [0.25, 0.3) is 0 Å². The molecule has 4 nitrogen and oxygen atoms in total. The van der Waals surface area contributed by atoms with Gasteiger partial charge in [0.15, 0.2) is 0 Å². The highest BCUT2D eigenvalue weighted by molar-refractivity contribution is 7.89. The van der Waals surface area contributed by atoms with Crippen LogP contribution in [0.5, 0.6) is 0 Å². The molecule has 0 saturated carbocycles. The van der Waals surface area contributed by atoms with Gasteiger partial charge in [-0.2, -0.15) is 13.2 Å². The molecule has 0 amide bonds. The van der Waals surface area contributed by atoms with Crippen molar-refractivity contribution >= 4 is 15.7 Å². The predicted molar refractivity (Wildman–Crippen MR) is 81.4 cm³/mol. The molecular weight excluding hydrogens is 348 g/mol. The Morgan fingerprint density at radius 2 is 1.75 bits per heavy atom. The number of sulfonamides is 1. The SMILES string of the molecule is CNS(=O)(=O)c1ccccc1NCc1ccc(C(F)(F)F)cc1F. The van der Waals surface area contributed by atoms with Crippen LogP contribution in [0.1, 0.15) is 11.1 Å². The molecule has 0 unspecified atom stereocenters. The molecule has 0 fully saturated rings. The topological polar surface area (TPSA) is 58.2 Å². The monoisotopic (exact) mass is 362 g/mol. The third kappa shape index (κ3) is 4.04. The molecule has 2 aromatic rings. The zero-order chi connectivity index (χ0) is 18.0. The minimum absolute atomic E-state index is 0.0142. The van der Waals surface area contributed by atoms with Crippen molar-refractivity contribution in [2.45, 2.75) is 17.6 Å². The van der Waals surface area contributed by atoms with Gasteiger partial charge in [0, 0.05) is 12.1 Å². The first kappa shape index (κ1) is 18.2. The molecule has 2 N–H and O–H groups in total. The van der Waals surface area contributed by atoms with Crippen LogP contribution >= 0.6 is 0 Å². The van der Waals surface area contributed by atoms with Crippen LogP contribution in [0, 0.1) is 5.82 Å². The second-order valence-corrected chi connectivity index (χ2v) is 6.72. The van der Waals surface area contributed by atoms with Crippen LogP contribution in [0.4, 0.5) is 23.2 Å². The van der Waals surface area contributed by atoms with E-state index in [1.165, 1.54) is 25.2 Å². The Labute approximate surface area is 136 Å². The van der Waals surface area contributed by atoms with E-state index in [9.17, 15) is 26.0 Å². The lowest BCUT2D eigenvalue weighted by Crippen LogP contribution is -2.20. The summed E-state index contributed by atoms with van der Waals surface area (Å²) in [4.78, 5) is -0.0418. The Morgan fingerprint density at radius 3 is 2.33 bits per heavy atom. The summed E-state index contributed by atoms with van der Waals surface area (Å²) in [7, 11) is -2.47. The molecule has 0 aliphatic heterocycles. The second-order valence-electron chi connectivity index (χ2n) is 4.86. The molecule has 2 rings (SSSR count). The summed E-state index contributed by atoms with van der Waals surface area (Å²) in [6, 6.07) is 8.14. The van der Waals surface area contributed by atoms with E-state index in [-0.39, 0.29) is 22.7 Å². The van der Waals surface area contributed by atoms with Gasteiger partial charge in [0.2, 0.25) is 10.0 Å². The Balaban J connectivity index is 2.24. The van der Waals surface area contributed by atoms with Gasteiger partial charge in [-0.05, 0) is 31.3 Å². The van der Waals surface area contributed by atoms with Crippen molar-refractivity contribution in [2.75, 3.05) is 12.4 Å². The van der Waals surface area contributed by atoms with E-state index in [4.69, 9.17) is 0 Å². The predicted octanol–water partition coefficient (Wildman–Crippen LogP) is 3.36. The molecule has 0 aromatic heterocycles. The van der Waals surface area contributed by atoms with Crippen molar-refractivity contribution in [3.05, 3.63) is 59.4 Å². The zero-order valence-electron chi connectivity index (χ0n) is 12.5. The minimum Gasteiger partial charge on any atom is -0.380 e. The number of benzene rings is 2. The molecule has 0 aliphatic rings. The van der Waals surface area contributed by atoms with Gasteiger partial charge in [-0.25, -0.2) is 17.5 Å². The molecule has 0 spiro atoms. The maximum atomic E-state index is 13.8. The molecule has 0 aliphatic carbocycles. The molecule has 0 radical (unpaired) electrons. The third-order valence-electron chi connectivity index (χ3n) is 3.29. The lowest BCUT2D eigenvalue weighted by molar-refractivity contribution is -0.137. The number of halogens is 4. The van der Waals surface area contributed by atoms with Gasteiger partial charge < -0.3 is 5.32 Å². The number of rotatable bonds is 5. The minimum atomic E-state index is -4.62. The maximum Gasteiger partial charge on any atom is 0.416 e. The van der Waals surface area contributed by atoms with Crippen molar-refractivity contribution in [1.82, 2.24) is 4.72 Å². The fourth-order valence-corrected chi connectivity index (χ4v) is 2.92. The first-order valence-corrected chi connectivity index (χ1v) is 8.25. The van der Waals surface area contributed by atoms with Crippen LogP contribution in [-0.2, 0) is 22.7 Å². The van der Waals surface area contributed by atoms with Crippen molar-refractivity contribution in [1.29, 1.82) is 0 Å². The number of hydrogen-bond donors (Lipinski definition) is 2. The number of para-hydroxylation sites is 1. The van der Waals surface area contributed by atoms with E-state index in [1.807, 2.05) is 0 Å². The van der Waals surface area contributed by atoms with Crippen LogP contribution in [0.3, 0.4) is 0 Å². The summed E-state index contributed by atoms with van der Waals surface area (Å²) in [6.07, 6.45) is -4.62. The highest BCUT2D eigenvalue weighted by Gasteiger charge is 2.31. The first-order chi connectivity index (χ1) is 11.1. The molecule has 9 heteroatoms. The van der Waals surface area contributed by atoms with E-state index in [0.29, 0.717) is 6.07 Å². The largest absolute Gasteiger partial charge is 0.416 e. The van der Waals surface area contributed by atoms with E-state index >= 15 is 0 Å². The van der Waals surface area contributed by atoms with Crippen molar-refractivity contribution in [3.8, 4) is 0 Å². The summed E-state index contributed by atoms with van der Waals surface area (Å²) >= 11 is 0. The standard InChI is InChI=1S/C15H14F4N2O2S/c1-20-24(22,23)14-5-3-2-4-13(14)21-9-10-6-7-11(8-12(10)16)15(17,18)19/h2-8,20-21H,9H2,1H3. The highest BCUT2D eigenvalue weighted by Crippen LogP contribution is 2.30. The molecule has 0 saturated heterocycles. The molecule has 0 bridgehead atoms. The normalized spacial score (nSPS) is 12.2. The molecule has 24 heavy (non-hydrogen) atoms. The summed E-state index contributed by atoms with van der Waals surface area (Å²) < 4.78 is 77.3. The van der Waals surface area contributed by atoms with Crippen LogP contribution < -0.4 is 10.0 Å². The molecule has 130 valence electrons. The van der Waals surface area contributed by atoms with Crippen LogP contribution in [0.15, 0.2) is 47.4 Å². The summed E-state index contributed by atoms with van der Waals surface area (Å²) in [6.45, 7) is -0.166. The van der Waals surface area contributed by atoms with E-state index in [1.54, 1.807) is 6.07 Å². The Bertz CT molecular complexity index is 836. The Hall–Kier alpha value is -2.13. The van der Waals surface area contributed by atoms with Gasteiger partial charge in [-0.15, -0.1) is 0 Å². The van der Waals surface area contributed by atoms with Gasteiger partial charge in [-0.1, -0.05) is 18.2 Å².